The van der Waals surface area contributed by atoms with Crippen LogP contribution >= 0.6 is 23.2 Å². The summed E-state index contributed by atoms with van der Waals surface area (Å²) < 4.78 is 27.6. The van der Waals surface area contributed by atoms with Crippen LogP contribution in [0.25, 0.3) is 0 Å². The minimum atomic E-state index is -3.84. The Hall–Kier alpha value is -0.930. The van der Waals surface area contributed by atoms with Crippen molar-refractivity contribution >= 4 is 33.2 Å². The molecule has 18 heavy (non-hydrogen) atoms. The second kappa shape index (κ2) is 6.30. The van der Waals surface area contributed by atoms with Crippen LogP contribution < -0.4 is 9.88 Å². The zero-order chi connectivity index (χ0) is 13.8. The van der Waals surface area contributed by atoms with Crippen LogP contribution in [-0.4, -0.2) is 15.0 Å². The number of primary sulfonamides is 1. The maximum atomic E-state index is 11.1. The van der Waals surface area contributed by atoms with E-state index in [1.165, 1.54) is 12.1 Å². The Balaban J connectivity index is 2.93. The van der Waals surface area contributed by atoms with Crippen molar-refractivity contribution in [3.05, 3.63) is 22.2 Å². The van der Waals surface area contributed by atoms with Gasteiger partial charge in [-0.05, 0) is 18.6 Å². The van der Waals surface area contributed by atoms with Gasteiger partial charge in [-0.3, -0.25) is 0 Å². The molecule has 0 aliphatic rings. The van der Waals surface area contributed by atoms with E-state index < -0.39 is 10.0 Å². The van der Waals surface area contributed by atoms with E-state index in [0.29, 0.717) is 19.4 Å². The molecule has 0 fully saturated rings. The first kappa shape index (κ1) is 15.1. The lowest BCUT2D eigenvalue weighted by atomic mass is 10.3. The predicted molar refractivity (Wildman–Crippen MR) is 71.4 cm³/mol. The Bertz CT molecular complexity index is 555. The van der Waals surface area contributed by atoms with Gasteiger partial charge >= 0.3 is 0 Å². The Morgan fingerprint density at radius 1 is 1.33 bits per heavy atom. The summed E-state index contributed by atoms with van der Waals surface area (Å²) in [6.45, 7) is 0.346. The first-order valence-electron chi connectivity index (χ1n) is 4.94. The van der Waals surface area contributed by atoms with Crippen molar-refractivity contribution in [1.82, 2.24) is 0 Å². The molecule has 0 spiro atoms. The van der Waals surface area contributed by atoms with Crippen molar-refractivity contribution < 1.29 is 13.2 Å². The number of ether oxygens (including phenoxy) is 1. The van der Waals surface area contributed by atoms with Crippen molar-refractivity contribution in [1.29, 1.82) is 0 Å². The monoisotopic (exact) mass is 307 g/mol. The number of hydrogen-bond donors (Lipinski definition) is 1. The van der Waals surface area contributed by atoms with Gasteiger partial charge < -0.3 is 4.74 Å². The van der Waals surface area contributed by atoms with Gasteiger partial charge in [0.05, 0.1) is 21.5 Å². The van der Waals surface area contributed by atoms with Crippen LogP contribution in [0.5, 0.6) is 5.75 Å². The van der Waals surface area contributed by atoms with Crippen LogP contribution in [0, 0.1) is 12.3 Å². The lowest BCUT2D eigenvalue weighted by Crippen LogP contribution is -2.12. The summed E-state index contributed by atoms with van der Waals surface area (Å²) in [6.07, 6.45) is 6.32. The lowest BCUT2D eigenvalue weighted by molar-refractivity contribution is 0.313. The first-order chi connectivity index (χ1) is 8.36. The summed E-state index contributed by atoms with van der Waals surface area (Å²) in [6, 6.07) is 2.39. The third-order valence-corrected chi connectivity index (χ3v) is 3.47. The summed E-state index contributed by atoms with van der Waals surface area (Å²) in [7, 11) is -3.84. The Labute approximate surface area is 116 Å². The standard InChI is InChI=1S/C11H11Cl2NO3S/c1-2-3-4-5-17-11-9(12)6-8(7-10(11)13)18(14,15)16/h1,6-7H,3-5H2,(H2,14,15,16). The minimum Gasteiger partial charge on any atom is -0.490 e. The van der Waals surface area contributed by atoms with Crippen LogP contribution in [0.1, 0.15) is 12.8 Å². The van der Waals surface area contributed by atoms with Gasteiger partial charge in [0, 0.05) is 6.42 Å². The molecular weight excluding hydrogens is 297 g/mol. The number of rotatable bonds is 5. The van der Waals surface area contributed by atoms with Crippen LogP contribution in [0.2, 0.25) is 10.0 Å². The molecule has 0 bridgehead atoms. The molecule has 7 heteroatoms. The molecule has 98 valence electrons. The SMILES string of the molecule is C#CCCCOc1c(Cl)cc(S(N)(=O)=O)cc1Cl. The van der Waals surface area contributed by atoms with Crippen LogP contribution in [-0.2, 0) is 10.0 Å². The zero-order valence-electron chi connectivity index (χ0n) is 9.32. The van der Waals surface area contributed by atoms with Crippen LogP contribution in [0.4, 0.5) is 0 Å². The summed E-state index contributed by atoms with van der Waals surface area (Å²) >= 11 is 11.8. The molecule has 0 aliphatic carbocycles. The van der Waals surface area contributed by atoms with E-state index in [1.807, 2.05) is 0 Å². The molecule has 0 aliphatic heterocycles. The molecular formula is C11H11Cl2NO3S. The fraction of sp³-hybridized carbons (Fsp3) is 0.273. The highest BCUT2D eigenvalue weighted by Crippen LogP contribution is 2.35. The Kier molecular flexibility index (Phi) is 5.29. The van der Waals surface area contributed by atoms with Crippen molar-refractivity contribution in [3.63, 3.8) is 0 Å². The van der Waals surface area contributed by atoms with E-state index >= 15 is 0 Å². The smallest absolute Gasteiger partial charge is 0.238 e. The summed E-state index contributed by atoms with van der Waals surface area (Å²) in [5.74, 6) is 2.70. The second-order valence-electron chi connectivity index (χ2n) is 3.42. The van der Waals surface area contributed by atoms with Crippen LogP contribution in [0.15, 0.2) is 17.0 Å². The van der Waals surface area contributed by atoms with E-state index in [1.54, 1.807) is 0 Å². The van der Waals surface area contributed by atoms with Crippen LogP contribution in [0.3, 0.4) is 0 Å². The normalized spacial score (nSPS) is 11.0. The van der Waals surface area contributed by atoms with E-state index in [4.69, 9.17) is 39.5 Å². The molecule has 0 saturated carbocycles. The highest BCUT2D eigenvalue weighted by atomic mass is 35.5. The molecule has 0 amide bonds. The van der Waals surface area contributed by atoms with E-state index in [-0.39, 0.29) is 20.7 Å². The molecule has 0 saturated heterocycles. The number of unbranched alkanes of at least 4 members (excludes halogenated alkanes) is 1. The molecule has 2 N–H and O–H groups in total. The summed E-state index contributed by atoms with van der Waals surface area (Å²) in [5.41, 5.74) is 0. The highest BCUT2D eigenvalue weighted by Gasteiger charge is 2.15. The minimum absolute atomic E-state index is 0.0900. The van der Waals surface area contributed by atoms with Crippen molar-refractivity contribution in [3.8, 4) is 18.1 Å². The number of nitrogens with two attached hydrogens (primary N) is 1. The Morgan fingerprint density at radius 2 is 1.89 bits per heavy atom. The summed E-state index contributed by atoms with van der Waals surface area (Å²) in [4.78, 5) is -0.159. The van der Waals surface area contributed by atoms with Gasteiger partial charge in [-0.2, -0.15) is 0 Å². The molecule has 0 radical (unpaired) electrons. The van der Waals surface area contributed by atoms with Gasteiger partial charge in [0.1, 0.15) is 0 Å². The van der Waals surface area contributed by atoms with Crippen molar-refractivity contribution in [2.45, 2.75) is 17.7 Å². The number of sulfonamides is 1. The molecule has 1 aromatic carbocycles. The third-order valence-electron chi connectivity index (χ3n) is 2.01. The molecule has 0 atom stereocenters. The molecule has 1 aromatic rings. The summed E-state index contributed by atoms with van der Waals surface area (Å²) in [5, 5.41) is 5.16. The highest BCUT2D eigenvalue weighted by molar-refractivity contribution is 7.89. The maximum absolute atomic E-state index is 11.1. The maximum Gasteiger partial charge on any atom is 0.238 e. The molecule has 0 unspecified atom stereocenters. The van der Waals surface area contributed by atoms with E-state index in [9.17, 15) is 8.42 Å². The van der Waals surface area contributed by atoms with Gasteiger partial charge in [-0.15, -0.1) is 12.3 Å². The number of benzene rings is 1. The van der Waals surface area contributed by atoms with Gasteiger partial charge in [-0.1, -0.05) is 23.2 Å². The average molecular weight is 308 g/mol. The van der Waals surface area contributed by atoms with Crippen molar-refractivity contribution in [2.24, 2.45) is 5.14 Å². The quantitative estimate of drug-likeness (QED) is 0.671. The molecule has 1 rings (SSSR count). The van der Waals surface area contributed by atoms with E-state index in [0.717, 1.165) is 0 Å². The van der Waals surface area contributed by atoms with Crippen molar-refractivity contribution in [2.75, 3.05) is 6.61 Å². The Morgan fingerprint density at radius 3 is 2.33 bits per heavy atom. The number of halogens is 2. The fourth-order valence-electron chi connectivity index (χ4n) is 1.19. The predicted octanol–water partition coefficient (Wildman–Crippen LogP) is 2.43. The average Bonchev–Trinajstić information content (AvgIpc) is 2.25. The number of hydrogen-bond acceptors (Lipinski definition) is 3. The fourth-order valence-corrected chi connectivity index (χ4v) is 2.48. The topological polar surface area (TPSA) is 69.4 Å². The molecule has 0 aromatic heterocycles. The van der Waals surface area contributed by atoms with Gasteiger partial charge in [0.2, 0.25) is 10.0 Å². The molecule has 4 nitrogen and oxygen atoms in total. The second-order valence-corrected chi connectivity index (χ2v) is 5.79. The van der Waals surface area contributed by atoms with Gasteiger partial charge in [0.15, 0.2) is 5.75 Å². The largest absolute Gasteiger partial charge is 0.490 e. The lowest BCUT2D eigenvalue weighted by Gasteiger charge is -2.10. The first-order valence-corrected chi connectivity index (χ1v) is 7.24. The molecule has 0 heterocycles. The third kappa shape index (κ3) is 4.07. The van der Waals surface area contributed by atoms with E-state index in [2.05, 4.69) is 5.92 Å². The number of terminal acetylenes is 1. The van der Waals surface area contributed by atoms with Gasteiger partial charge in [-0.25, -0.2) is 13.6 Å². The van der Waals surface area contributed by atoms with Gasteiger partial charge in [0.25, 0.3) is 0 Å². The zero-order valence-corrected chi connectivity index (χ0v) is 11.6.